The highest BCUT2D eigenvalue weighted by atomic mass is 16.1. The lowest BCUT2D eigenvalue weighted by Gasteiger charge is -2.13. The Morgan fingerprint density at radius 1 is 1.54 bits per heavy atom. The second kappa shape index (κ2) is 3.94. The molecular weight excluding hydrogens is 164 g/mol. The summed E-state index contributed by atoms with van der Waals surface area (Å²) in [6.45, 7) is 1.48. The minimum atomic E-state index is -0.0767. The van der Waals surface area contributed by atoms with Crippen LogP contribution in [0.5, 0.6) is 0 Å². The van der Waals surface area contributed by atoms with Crippen molar-refractivity contribution in [2.75, 3.05) is 24.3 Å². The molecule has 1 aromatic carbocycles. The third-order valence-corrected chi connectivity index (χ3v) is 1.61. The summed E-state index contributed by atoms with van der Waals surface area (Å²) in [6.07, 6.45) is 0. The van der Waals surface area contributed by atoms with Crippen molar-refractivity contribution in [3.8, 4) is 0 Å². The first-order valence-corrected chi connectivity index (χ1v) is 4.06. The summed E-state index contributed by atoms with van der Waals surface area (Å²) < 4.78 is 0. The number of hydrogen-bond acceptors (Lipinski definition) is 2. The molecule has 0 heterocycles. The molecule has 0 aliphatic heterocycles. The van der Waals surface area contributed by atoms with Gasteiger partial charge in [-0.15, -0.1) is 0 Å². The van der Waals surface area contributed by atoms with E-state index in [1.54, 1.807) is 6.07 Å². The predicted octanol–water partition coefficient (Wildman–Crippen LogP) is 1.51. The second-order valence-electron chi connectivity index (χ2n) is 3.04. The Balaban J connectivity index is 2.85. The Bertz CT molecular complexity index is 308. The van der Waals surface area contributed by atoms with E-state index in [9.17, 15) is 4.79 Å². The molecule has 0 aromatic heterocycles. The van der Waals surface area contributed by atoms with Crippen LogP contribution in [-0.4, -0.2) is 20.0 Å². The van der Waals surface area contributed by atoms with Gasteiger partial charge in [-0.05, 0) is 12.1 Å². The molecule has 69 valence electrons. The Morgan fingerprint density at radius 3 is 2.77 bits per heavy atom. The molecule has 1 rings (SSSR count). The smallest absolute Gasteiger partial charge is 0.221 e. The summed E-state index contributed by atoms with van der Waals surface area (Å²) in [5.74, 6) is -0.0767. The van der Waals surface area contributed by atoms with Crippen LogP contribution in [-0.2, 0) is 4.79 Å². The molecule has 3 heteroatoms. The van der Waals surface area contributed by atoms with Gasteiger partial charge in [0.05, 0.1) is 5.69 Å². The second-order valence-corrected chi connectivity index (χ2v) is 3.04. The van der Waals surface area contributed by atoms with Crippen LogP contribution >= 0.6 is 0 Å². The molecule has 0 saturated heterocycles. The molecule has 13 heavy (non-hydrogen) atoms. The largest absolute Gasteiger partial charge is 0.378 e. The molecule has 0 saturated carbocycles. The highest BCUT2D eigenvalue weighted by Crippen LogP contribution is 2.16. The predicted molar refractivity (Wildman–Crippen MR) is 53.9 cm³/mol. The fraction of sp³-hybridized carbons (Fsp3) is 0.300. The summed E-state index contributed by atoms with van der Waals surface area (Å²) in [5, 5.41) is 2.68. The van der Waals surface area contributed by atoms with E-state index in [4.69, 9.17) is 0 Å². The Kier molecular flexibility index (Phi) is 2.90. The number of nitrogens with one attached hydrogen (secondary N) is 1. The van der Waals surface area contributed by atoms with Gasteiger partial charge in [0, 0.05) is 32.8 Å². The monoisotopic (exact) mass is 177 g/mol. The number of hydrogen-bond donors (Lipinski definition) is 1. The van der Waals surface area contributed by atoms with E-state index in [0.717, 1.165) is 5.69 Å². The Hall–Kier alpha value is -1.51. The fourth-order valence-electron chi connectivity index (χ4n) is 0.994. The molecule has 1 aromatic rings. The lowest BCUT2D eigenvalue weighted by molar-refractivity contribution is -0.114. The summed E-state index contributed by atoms with van der Waals surface area (Å²) in [7, 11) is 3.90. The summed E-state index contributed by atoms with van der Waals surface area (Å²) in [6, 6.07) is 8.54. The molecule has 0 bridgehead atoms. The van der Waals surface area contributed by atoms with Crippen molar-refractivity contribution in [3.63, 3.8) is 0 Å². The zero-order valence-electron chi connectivity index (χ0n) is 8.09. The number of amides is 1. The van der Waals surface area contributed by atoms with Crippen LogP contribution in [0.4, 0.5) is 11.4 Å². The molecule has 1 amide bonds. The summed E-state index contributed by atoms with van der Waals surface area (Å²) in [5.41, 5.74) is 1.75. The van der Waals surface area contributed by atoms with E-state index in [1.165, 1.54) is 6.92 Å². The maximum absolute atomic E-state index is 10.7. The number of carbonyl (C=O) groups is 1. The number of carbonyl (C=O) groups excluding carboxylic acids is 1. The Labute approximate surface area is 78.4 Å². The minimum absolute atomic E-state index is 0.0767. The van der Waals surface area contributed by atoms with Gasteiger partial charge in [-0.1, -0.05) is 6.07 Å². The van der Waals surface area contributed by atoms with E-state index in [-0.39, 0.29) is 5.91 Å². The van der Waals surface area contributed by atoms with E-state index < -0.39 is 0 Å². The van der Waals surface area contributed by atoms with Crippen LogP contribution in [0.15, 0.2) is 18.2 Å². The van der Waals surface area contributed by atoms with E-state index >= 15 is 0 Å². The maximum atomic E-state index is 10.7. The summed E-state index contributed by atoms with van der Waals surface area (Å²) in [4.78, 5) is 12.7. The van der Waals surface area contributed by atoms with Crippen molar-refractivity contribution >= 4 is 17.3 Å². The highest BCUT2D eigenvalue weighted by Gasteiger charge is 1.98. The molecule has 0 fully saturated rings. The van der Waals surface area contributed by atoms with Crippen molar-refractivity contribution in [3.05, 3.63) is 24.3 Å². The number of nitrogens with zero attached hydrogens (tertiary/aromatic N) is 1. The minimum Gasteiger partial charge on any atom is -0.378 e. The average molecular weight is 177 g/mol. The number of rotatable bonds is 2. The molecular formula is C10H13N2O. The van der Waals surface area contributed by atoms with E-state index in [2.05, 4.69) is 11.4 Å². The van der Waals surface area contributed by atoms with Gasteiger partial charge in [0.1, 0.15) is 0 Å². The van der Waals surface area contributed by atoms with Gasteiger partial charge in [-0.2, -0.15) is 0 Å². The highest BCUT2D eigenvalue weighted by molar-refractivity contribution is 5.89. The zero-order chi connectivity index (χ0) is 9.84. The molecule has 1 N–H and O–H groups in total. The molecule has 1 radical (unpaired) electrons. The molecule has 0 atom stereocenters. The fourth-order valence-corrected chi connectivity index (χ4v) is 0.994. The molecule has 3 nitrogen and oxygen atoms in total. The Morgan fingerprint density at radius 2 is 2.23 bits per heavy atom. The quantitative estimate of drug-likeness (QED) is 0.742. The topological polar surface area (TPSA) is 32.3 Å². The number of anilines is 2. The van der Waals surface area contributed by atoms with Gasteiger partial charge in [-0.3, -0.25) is 4.79 Å². The van der Waals surface area contributed by atoms with Crippen LogP contribution in [0.3, 0.4) is 0 Å². The number of benzene rings is 1. The first-order valence-electron chi connectivity index (χ1n) is 4.06. The van der Waals surface area contributed by atoms with E-state index in [1.807, 2.05) is 31.1 Å². The summed E-state index contributed by atoms with van der Waals surface area (Å²) >= 11 is 0. The van der Waals surface area contributed by atoms with E-state index in [0.29, 0.717) is 5.69 Å². The molecule has 0 spiro atoms. The first-order chi connectivity index (χ1) is 6.09. The lowest BCUT2D eigenvalue weighted by Crippen LogP contribution is -2.10. The SMILES string of the molecule is CC(=O)Nc1[c]ccc(N(C)C)c1. The van der Waals surface area contributed by atoms with Crippen molar-refractivity contribution in [1.29, 1.82) is 0 Å². The van der Waals surface area contributed by atoms with Crippen molar-refractivity contribution < 1.29 is 4.79 Å². The van der Waals surface area contributed by atoms with Gasteiger partial charge in [0.15, 0.2) is 0 Å². The van der Waals surface area contributed by atoms with Gasteiger partial charge in [-0.25, -0.2) is 0 Å². The first kappa shape index (κ1) is 9.58. The third-order valence-electron chi connectivity index (χ3n) is 1.61. The average Bonchev–Trinajstić information content (AvgIpc) is 2.03. The van der Waals surface area contributed by atoms with Gasteiger partial charge in [0.25, 0.3) is 0 Å². The van der Waals surface area contributed by atoms with Crippen molar-refractivity contribution in [1.82, 2.24) is 0 Å². The van der Waals surface area contributed by atoms with Gasteiger partial charge < -0.3 is 10.2 Å². The van der Waals surface area contributed by atoms with Crippen LogP contribution < -0.4 is 10.2 Å². The van der Waals surface area contributed by atoms with Crippen LogP contribution in [0.2, 0.25) is 0 Å². The van der Waals surface area contributed by atoms with Gasteiger partial charge in [0.2, 0.25) is 5.91 Å². The standard InChI is InChI=1S/C10H13N2O/c1-8(13)11-9-5-4-6-10(7-9)12(2)3/h4,6-7H,1-3H3,(H,11,13). The van der Waals surface area contributed by atoms with Crippen molar-refractivity contribution in [2.24, 2.45) is 0 Å². The lowest BCUT2D eigenvalue weighted by atomic mass is 10.2. The van der Waals surface area contributed by atoms with Gasteiger partial charge >= 0.3 is 0 Å². The van der Waals surface area contributed by atoms with Crippen molar-refractivity contribution in [2.45, 2.75) is 6.92 Å². The van der Waals surface area contributed by atoms with Crippen LogP contribution in [0, 0.1) is 6.07 Å². The molecule has 0 aliphatic rings. The maximum Gasteiger partial charge on any atom is 0.221 e. The molecule has 0 aliphatic carbocycles. The molecule has 0 unspecified atom stereocenters. The van der Waals surface area contributed by atoms with Crippen LogP contribution in [0.1, 0.15) is 6.92 Å². The normalized spacial score (nSPS) is 9.46. The zero-order valence-corrected chi connectivity index (χ0v) is 8.09. The van der Waals surface area contributed by atoms with Crippen LogP contribution in [0.25, 0.3) is 0 Å². The third kappa shape index (κ3) is 2.78.